The Balaban J connectivity index is 1.31. The Morgan fingerprint density at radius 2 is 1.31 bits per heavy atom. The van der Waals surface area contributed by atoms with E-state index >= 15 is 0 Å². The molecule has 0 saturated carbocycles. The topological polar surface area (TPSA) is 75.7 Å². The van der Waals surface area contributed by atoms with Crippen molar-refractivity contribution in [1.29, 1.82) is 0 Å². The number of carbonyl (C=O) groups is 3. The summed E-state index contributed by atoms with van der Waals surface area (Å²) in [5.74, 6) is 0.380. The van der Waals surface area contributed by atoms with Gasteiger partial charge in [0.25, 0.3) is 11.8 Å². The van der Waals surface area contributed by atoms with Crippen molar-refractivity contribution in [3.63, 3.8) is 0 Å². The van der Waals surface area contributed by atoms with Crippen LogP contribution in [0.1, 0.15) is 27.1 Å². The molecule has 0 unspecified atom stereocenters. The van der Waals surface area contributed by atoms with Crippen molar-refractivity contribution in [3.05, 3.63) is 90.0 Å². The van der Waals surface area contributed by atoms with Crippen LogP contribution in [0.4, 0.5) is 5.69 Å². The van der Waals surface area contributed by atoms with Crippen molar-refractivity contribution in [2.45, 2.75) is 6.42 Å². The predicted octanol–water partition coefficient (Wildman–Crippen LogP) is 4.10. The third-order valence-corrected chi connectivity index (χ3v) is 4.56. The van der Waals surface area contributed by atoms with Crippen LogP contribution in [0.3, 0.4) is 0 Å². The highest BCUT2D eigenvalue weighted by molar-refractivity contribution is 6.21. The smallest absolute Gasteiger partial charge is 0.261 e. The normalized spacial score (nSPS) is 12.6. The molecule has 0 bridgehead atoms. The molecule has 0 fully saturated rings. The Hall–Kier alpha value is -3.93. The van der Waals surface area contributed by atoms with E-state index in [0.717, 1.165) is 10.6 Å². The molecule has 3 aromatic rings. The summed E-state index contributed by atoms with van der Waals surface area (Å²) >= 11 is 0. The third-order valence-electron chi connectivity index (χ3n) is 4.56. The summed E-state index contributed by atoms with van der Waals surface area (Å²) in [5.41, 5.74) is 1.37. The second-order valence-electron chi connectivity index (χ2n) is 6.55. The number of benzene rings is 3. The summed E-state index contributed by atoms with van der Waals surface area (Å²) in [6.45, 7) is 0.0351. The number of fused-ring (bicyclic) bond motifs is 1. The van der Waals surface area contributed by atoms with Gasteiger partial charge in [-0.05, 0) is 48.5 Å². The first kappa shape index (κ1) is 18.4. The number of hydrogen-bond acceptors (Lipinski definition) is 4. The fourth-order valence-electron chi connectivity index (χ4n) is 3.11. The van der Waals surface area contributed by atoms with Gasteiger partial charge in [0, 0.05) is 18.7 Å². The van der Waals surface area contributed by atoms with Crippen molar-refractivity contribution >= 4 is 23.4 Å². The highest BCUT2D eigenvalue weighted by Gasteiger charge is 2.34. The highest BCUT2D eigenvalue weighted by atomic mass is 16.5. The molecule has 3 amide bonds. The van der Waals surface area contributed by atoms with Gasteiger partial charge in [0.05, 0.1) is 11.1 Å². The van der Waals surface area contributed by atoms with E-state index in [1.54, 1.807) is 48.5 Å². The third kappa shape index (κ3) is 4.01. The van der Waals surface area contributed by atoms with E-state index < -0.39 is 0 Å². The Kier molecular flexibility index (Phi) is 5.07. The van der Waals surface area contributed by atoms with Crippen molar-refractivity contribution in [1.82, 2.24) is 4.90 Å². The van der Waals surface area contributed by atoms with Crippen molar-refractivity contribution < 1.29 is 19.1 Å². The molecule has 6 heteroatoms. The largest absolute Gasteiger partial charge is 0.457 e. The van der Waals surface area contributed by atoms with E-state index in [1.165, 1.54) is 0 Å². The molecule has 0 atom stereocenters. The molecule has 4 rings (SSSR count). The molecule has 0 aromatic heterocycles. The molecule has 0 radical (unpaired) electrons. The van der Waals surface area contributed by atoms with Gasteiger partial charge < -0.3 is 10.1 Å². The van der Waals surface area contributed by atoms with E-state index in [0.29, 0.717) is 22.6 Å². The molecule has 6 nitrogen and oxygen atoms in total. The van der Waals surface area contributed by atoms with Crippen LogP contribution in [0.2, 0.25) is 0 Å². The van der Waals surface area contributed by atoms with Gasteiger partial charge in [-0.25, -0.2) is 0 Å². The summed E-state index contributed by atoms with van der Waals surface area (Å²) in [6.07, 6.45) is 0.0216. The Bertz CT molecular complexity index is 1030. The molecular weight excluding hydrogens is 368 g/mol. The fourth-order valence-corrected chi connectivity index (χ4v) is 3.11. The average Bonchev–Trinajstić information content (AvgIpc) is 2.99. The highest BCUT2D eigenvalue weighted by Crippen LogP contribution is 2.24. The molecule has 3 aromatic carbocycles. The first-order valence-electron chi connectivity index (χ1n) is 9.20. The van der Waals surface area contributed by atoms with Crippen LogP contribution in [-0.4, -0.2) is 29.2 Å². The molecule has 1 N–H and O–H groups in total. The van der Waals surface area contributed by atoms with Gasteiger partial charge in [-0.15, -0.1) is 0 Å². The SMILES string of the molecule is O=C(CCN1C(=O)c2ccccc2C1=O)Nc1ccc(Oc2ccccc2)cc1. The summed E-state index contributed by atoms with van der Waals surface area (Å²) in [5, 5.41) is 2.76. The molecular formula is C23H18N2O4. The van der Waals surface area contributed by atoms with Gasteiger partial charge in [-0.3, -0.25) is 19.3 Å². The number of ether oxygens (including phenoxy) is 1. The van der Waals surface area contributed by atoms with Gasteiger partial charge in [0.2, 0.25) is 5.91 Å². The molecule has 0 saturated heterocycles. The van der Waals surface area contributed by atoms with Gasteiger partial charge >= 0.3 is 0 Å². The molecule has 1 heterocycles. The standard InChI is InChI=1S/C23H18N2O4/c26-21(14-15-25-22(27)19-8-4-5-9-20(19)23(25)28)24-16-10-12-18(13-11-16)29-17-6-2-1-3-7-17/h1-13H,14-15H2,(H,24,26). The Labute approximate surface area is 167 Å². The maximum absolute atomic E-state index is 12.3. The van der Waals surface area contributed by atoms with E-state index in [4.69, 9.17) is 4.74 Å². The fraction of sp³-hybridized carbons (Fsp3) is 0.0870. The second-order valence-corrected chi connectivity index (χ2v) is 6.55. The second kappa shape index (κ2) is 7.98. The van der Waals surface area contributed by atoms with Crippen LogP contribution in [0.5, 0.6) is 11.5 Å². The summed E-state index contributed by atoms with van der Waals surface area (Å²) in [6, 6.07) is 23.0. The average molecular weight is 386 g/mol. The van der Waals surface area contributed by atoms with E-state index in [1.807, 2.05) is 30.3 Å². The molecule has 1 aliphatic rings. The molecule has 29 heavy (non-hydrogen) atoms. The quantitative estimate of drug-likeness (QED) is 0.647. The zero-order valence-electron chi connectivity index (χ0n) is 15.5. The maximum Gasteiger partial charge on any atom is 0.261 e. The zero-order valence-corrected chi connectivity index (χ0v) is 15.5. The van der Waals surface area contributed by atoms with Crippen LogP contribution in [0.25, 0.3) is 0 Å². The lowest BCUT2D eigenvalue weighted by atomic mass is 10.1. The lowest BCUT2D eigenvalue weighted by molar-refractivity contribution is -0.116. The zero-order chi connectivity index (χ0) is 20.2. The summed E-state index contributed by atoms with van der Waals surface area (Å²) in [4.78, 5) is 38.0. The van der Waals surface area contributed by atoms with E-state index in [-0.39, 0.29) is 30.7 Å². The number of carbonyl (C=O) groups excluding carboxylic acids is 3. The number of anilines is 1. The Morgan fingerprint density at radius 1 is 0.759 bits per heavy atom. The number of para-hydroxylation sites is 1. The Morgan fingerprint density at radius 3 is 1.93 bits per heavy atom. The minimum Gasteiger partial charge on any atom is -0.457 e. The number of rotatable bonds is 6. The summed E-state index contributed by atoms with van der Waals surface area (Å²) in [7, 11) is 0. The van der Waals surface area contributed by atoms with Crippen LogP contribution in [0, 0.1) is 0 Å². The van der Waals surface area contributed by atoms with Crippen LogP contribution in [0.15, 0.2) is 78.9 Å². The molecule has 144 valence electrons. The monoisotopic (exact) mass is 386 g/mol. The van der Waals surface area contributed by atoms with Crippen LogP contribution in [-0.2, 0) is 4.79 Å². The maximum atomic E-state index is 12.3. The van der Waals surface area contributed by atoms with Gasteiger partial charge in [-0.2, -0.15) is 0 Å². The van der Waals surface area contributed by atoms with E-state index in [2.05, 4.69) is 5.32 Å². The molecule has 1 aliphatic heterocycles. The first-order valence-corrected chi connectivity index (χ1v) is 9.20. The van der Waals surface area contributed by atoms with Crippen molar-refractivity contribution in [2.75, 3.05) is 11.9 Å². The van der Waals surface area contributed by atoms with Crippen LogP contribution < -0.4 is 10.1 Å². The number of imide groups is 1. The van der Waals surface area contributed by atoms with Crippen molar-refractivity contribution in [3.8, 4) is 11.5 Å². The minimum atomic E-state index is -0.360. The van der Waals surface area contributed by atoms with Crippen LogP contribution >= 0.6 is 0 Å². The lowest BCUT2D eigenvalue weighted by Gasteiger charge is -2.13. The van der Waals surface area contributed by atoms with Crippen molar-refractivity contribution in [2.24, 2.45) is 0 Å². The van der Waals surface area contributed by atoms with Gasteiger partial charge in [0.15, 0.2) is 0 Å². The number of hydrogen-bond donors (Lipinski definition) is 1. The predicted molar refractivity (Wildman–Crippen MR) is 108 cm³/mol. The minimum absolute atomic E-state index is 0.0216. The van der Waals surface area contributed by atoms with Gasteiger partial charge in [0.1, 0.15) is 11.5 Å². The molecule has 0 aliphatic carbocycles. The first-order chi connectivity index (χ1) is 14.1. The number of nitrogens with one attached hydrogen (secondary N) is 1. The molecule has 0 spiro atoms. The number of nitrogens with zero attached hydrogens (tertiary/aromatic N) is 1. The van der Waals surface area contributed by atoms with Gasteiger partial charge in [-0.1, -0.05) is 30.3 Å². The lowest BCUT2D eigenvalue weighted by Crippen LogP contribution is -2.32. The number of amides is 3. The van der Waals surface area contributed by atoms with E-state index in [9.17, 15) is 14.4 Å². The summed E-state index contributed by atoms with van der Waals surface area (Å²) < 4.78 is 5.71.